The first-order chi connectivity index (χ1) is 10.3. The molecule has 21 heavy (non-hydrogen) atoms. The normalized spacial score (nSPS) is 11.1. The smallest absolute Gasteiger partial charge is 0.271 e. The summed E-state index contributed by atoms with van der Waals surface area (Å²) < 4.78 is 0. The molecule has 1 amide bonds. The summed E-state index contributed by atoms with van der Waals surface area (Å²) in [6.07, 6.45) is 1.68. The van der Waals surface area contributed by atoms with Gasteiger partial charge in [0.15, 0.2) is 0 Å². The van der Waals surface area contributed by atoms with E-state index in [-0.39, 0.29) is 5.91 Å². The van der Waals surface area contributed by atoms with Crippen molar-refractivity contribution in [1.29, 1.82) is 0 Å². The van der Waals surface area contributed by atoms with Crippen molar-refractivity contribution >= 4 is 23.0 Å². The van der Waals surface area contributed by atoms with Crippen molar-refractivity contribution in [1.82, 2.24) is 10.4 Å². The van der Waals surface area contributed by atoms with E-state index in [1.165, 1.54) is 0 Å². The number of carbonyl (C=O) groups is 1. The Bertz CT molecular complexity index is 803. The molecule has 0 spiro atoms. The number of nitrogens with zero attached hydrogens (tertiary/aromatic N) is 1. The Morgan fingerprint density at radius 1 is 1.10 bits per heavy atom. The van der Waals surface area contributed by atoms with Gasteiger partial charge in [-0.2, -0.15) is 5.10 Å². The maximum Gasteiger partial charge on any atom is 0.271 e. The summed E-state index contributed by atoms with van der Waals surface area (Å²) in [4.78, 5) is 15.2. The third kappa shape index (κ3) is 2.69. The first-order valence-corrected chi connectivity index (χ1v) is 6.71. The molecule has 0 radical (unpaired) electrons. The molecule has 0 aliphatic rings. The van der Waals surface area contributed by atoms with Gasteiger partial charge in [0.2, 0.25) is 0 Å². The number of aromatic nitrogens is 1. The maximum absolute atomic E-state index is 11.9. The summed E-state index contributed by atoms with van der Waals surface area (Å²) in [5.74, 6) is -0.218. The monoisotopic (exact) mass is 277 g/mol. The van der Waals surface area contributed by atoms with Crippen molar-refractivity contribution in [2.24, 2.45) is 5.10 Å². The van der Waals surface area contributed by atoms with Crippen LogP contribution >= 0.6 is 0 Å². The molecular formula is C17H15N3O. The fourth-order valence-corrected chi connectivity index (χ4v) is 2.27. The highest BCUT2D eigenvalue weighted by atomic mass is 16.2. The largest absolute Gasteiger partial charge is 0.358 e. The number of nitrogens with one attached hydrogen (secondary N) is 2. The number of rotatable bonds is 3. The van der Waals surface area contributed by atoms with E-state index in [9.17, 15) is 4.79 Å². The molecule has 1 heterocycles. The van der Waals surface area contributed by atoms with E-state index < -0.39 is 0 Å². The lowest BCUT2D eigenvalue weighted by Gasteiger charge is -1.99. The van der Waals surface area contributed by atoms with Crippen LogP contribution in [0.15, 0.2) is 59.7 Å². The minimum atomic E-state index is -0.218. The number of hydrogen-bond donors (Lipinski definition) is 2. The number of hydrazone groups is 1. The topological polar surface area (TPSA) is 57.2 Å². The first-order valence-electron chi connectivity index (χ1n) is 6.71. The van der Waals surface area contributed by atoms with Crippen LogP contribution in [0.4, 0.5) is 0 Å². The molecule has 4 nitrogen and oxygen atoms in total. The number of hydrogen-bond acceptors (Lipinski definition) is 2. The number of amides is 1. The van der Waals surface area contributed by atoms with E-state index in [0.29, 0.717) is 5.56 Å². The lowest BCUT2D eigenvalue weighted by atomic mass is 10.1. The SMILES string of the molecule is Cc1[nH]c2ccccc2c1/C=N\NC(=O)c1ccccc1. The zero-order chi connectivity index (χ0) is 14.7. The van der Waals surface area contributed by atoms with E-state index in [1.54, 1.807) is 18.3 Å². The Morgan fingerprint density at radius 2 is 1.81 bits per heavy atom. The maximum atomic E-state index is 11.9. The Morgan fingerprint density at radius 3 is 2.62 bits per heavy atom. The number of H-pyrrole nitrogens is 1. The van der Waals surface area contributed by atoms with Crippen molar-refractivity contribution in [2.45, 2.75) is 6.92 Å². The highest BCUT2D eigenvalue weighted by molar-refractivity contribution is 6.01. The Balaban J connectivity index is 1.79. The third-order valence-corrected chi connectivity index (χ3v) is 3.34. The molecule has 3 rings (SSSR count). The Kier molecular flexibility index (Phi) is 3.51. The van der Waals surface area contributed by atoms with Gasteiger partial charge in [0.25, 0.3) is 5.91 Å². The van der Waals surface area contributed by atoms with Gasteiger partial charge < -0.3 is 4.98 Å². The van der Waals surface area contributed by atoms with Crippen LogP contribution in [0.3, 0.4) is 0 Å². The van der Waals surface area contributed by atoms with Crippen molar-refractivity contribution in [3.63, 3.8) is 0 Å². The number of aromatic amines is 1. The summed E-state index contributed by atoms with van der Waals surface area (Å²) in [6.45, 7) is 1.99. The number of aryl methyl sites for hydroxylation is 1. The van der Waals surface area contributed by atoms with Gasteiger partial charge in [-0.15, -0.1) is 0 Å². The van der Waals surface area contributed by atoms with Crippen LogP contribution in [-0.2, 0) is 0 Å². The summed E-state index contributed by atoms with van der Waals surface area (Å²) >= 11 is 0. The van der Waals surface area contributed by atoms with Gasteiger partial charge in [-0.3, -0.25) is 4.79 Å². The van der Waals surface area contributed by atoms with E-state index in [0.717, 1.165) is 22.2 Å². The molecule has 2 aromatic carbocycles. The van der Waals surface area contributed by atoms with Crippen LogP contribution in [0.1, 0.15) is 21.6 Å². The first kappa shape index (κ1) is 13.1. The van der Waals surface area contributed by atoms with Crippen LogP contribution in [0.2, 0.25) is 0 Å². The van der Waals surface area contributed by atoms with Crippen molar-refractivity contribution in [2.75, 3.05) is 0 Å². The van der Waals surface area contributed by atoms with Crippen LogP contribution in [0.5, 0.6) is 0 Å². The fraction of sp³-hybridized carbons (Fsp3) is 0.0588. The second kappa shape index (κ2) is 5.63. The number of para-hydroxylation sites is 1. The zero-order valence-corrected chi connectivity index (χ0v) is 11.6. The minimum absolute atomic E-state index is 0.218. The summed E-state index contributed by atoms with van der Waals surface area (Å²) in [7, 11) is 0. The van der Waals surface area contributed by atoms with E-state index in [4.69, 9.17) is 0 Å². The lowest BCUT2D eigenvalue weighted by molar-refractivity contribution is 0.0955. The molecular weight excluding hydrogens is 262 g/mol. The Labute approximate surface area is 122 Å². The van der Waals surface area contributed by atoms with Gasteiger partial charge in [0.05, 0.1) is 6.21 Å². The van der Waals surface area contributed by atoms with Gasteiger partial charge in [-0.25, -0.2) is 5.43 Å². The van der Waals surface area contributed by atoms with Crippen LogP contribution in [0, 0.1) is 6.92 Å². The molecule has 3 aromatic rings. The zero-order valence-electron chi connectivity index (χ0n) is 11.6. The highest BCUT2D eigenvalue weighted by Crippen LogP contribution is 2.19. The fourth-order valence-electron chi connectivity index (χ4n) is 2.27. The van der Waals surface area contributed by atoms with Crippen molar-refractivity contribution < 1.29 is 4.79 Å². The predicted octanol–water partition coefficient (Wildman–Crippen LogP) is 3.24. The molecule has 0 bridgehead atoms. The second-order valence-corrected chi connectivity index (χ2v) is 4.77. The van der Waals surface area contributed by atoms with Gasteiger partial charge >= 0.3 is 0 Å². The summed E-state index contributed by atoms with van der Waals surface area (Å²) in [5.41, 5.74) is 6.20. The molecule has 0 aliphatic heterocycles. The number of benzene rings is 2. The van der Waals surface area contributed by atoms with Gasteiger partial charge in [-0.05, 0) is 25.1 Å². The van der Waals surface area contributed by atoms with E-state index in [1.807, 2.05) is 49.4 Å². The summed E-state index contributed by atoms with van der Waals surface area (Å²) in [6, 6.07) is 17.0. The van der Waals surface area contributed by atoms with E-state index in [2.05, 4.69) is 15.5 Å². The lowest BCUT2D eigenvalue weighted by Crippen LogP contribution is -2.17. The Hall–Kier alpha value is -2.88. The van der Waals surface area contributed by atoms with Crippen molar-refractivity contribution in [3.8, 4) is 0 Å². The number of carbonyl (C=O) groups excluding carboxylic acids is 1. The van der Waals surface area contributed by atoms with Crippen LogP contribution < -0.4 is 5.43 Å². The minimum Gasteiger partial charge on any atom is -0.358 e. The molecule has 2 N–H and O–H groups in total. The summed E-state index contributed by atoms with van der Waals surface area (Å²) in [5, 5.41) is 5.15. The molecule has 104 valence electrons. The molecule has 0 unspecified atom stereocenters. The molecule has 0 saturated carbocycles. The van der Waals surface area contributed by atoms with Gasteiger partial charge in [-0.1, -0.05) is 36.4 Å². The average molecular weight is 277 g/mol. The molecule has 0 aliphatic carbocycles. The average Bonchev–Trinajstić information content (AvgIpc) is 2.84. The third-order valence-electron chi connectivity index (χ3n) is 3.34. The molecule has 4 heteroatoms. The molecule has 0 saturated heterocycles. The van der Waals surface area contributed by atoms with Crippen LogP contribution in [-0.4, -0.2) is 17.1 Å². The highest BCUT2D eigenvalue weighted by Gasteiger charge is 2.06. The van der Waals surface area contributed by atoms with Gasteiger partial charge in [0.1, 0.15) is 0 Å². The van der Waals surface area contributed by atoms with Gasteiger partial charge in [0, 0.05) is 27.7 Å². The second-order valence-electron chi connectivity index (χ2n) is 4.77. The number of fused-ring (bicyclic) bond motifs is 1. The van der Waals surface area contributed by atoms with Crippen molar-refractivity contribution in [3.05, 3.63) is 71.4 Å². The van der Waals surface area contributed by atoms with Crippen LogP contribution in [0.25, 0.3) is 10.9 Å². The predicted molar refractivity (Wildman–Crippen MR) is 84.5 cm³/mol. The molecule has 0 fully saturated rings. The molecule has 1 aromatic heterocycles. The standard InChI is InChI=1S/C17H15N3O/c1-12-15(14-9-5-6-10-16(14)19-12)11-18-20-17(21)13-7-3-2-4-8-13/h2-11,19H,1H3,(H,20,21)/b18-11-. The molecule has 0 atom stereocenters. The van der Waals surface area contributed by atoms with E-state index >= 15 is 0 Å². The quantitative estimate of drug-likeness (QED) is 0.560.